The van der Waals surface area contributed by atoms with Crippen LogP contribution in [0.1, 0.15) is 30.4 Å². The van der Waals surface area contributed by atoms with Crippen LogP contribution < -0.4 is 0 Å². The Morgan fingerprint density at radius 3 is 2.09 bits per heavy atom. The molecule has 16 heteroatoms. The Morgan fingerprint density at radius 2 is 1.53 bits per heavy atom. The molecule has 2 aliphatic rings. The number of benzene rings is 2. The van der Waals surface area contributed by atoms with Crippen LogP contribution in [0.4, 0.5) is 21.0 Å². The number of likely N-dealkylation sites (tertiary alicyclic amines) is 2. The molecular weight excluding hydrogens is 610 g/mol. The number of hydrogen-bond donors (Lipinski definition) is 2. The highest BCUT2D eigenvalue weighted by Gasteiger charge is 2.40. The van der Waals surface area contributed by atoms with Crippen LogP contribution in [0.2, 0.25) is 0 Å². The molecule has 0 aliphatic carbocycles. The normalized spacial score (nSPS) is 20.0. The summed E-state index contributed by atoms with van der Waals surface area (Å²) in [6.45, 7) is 1.29. The summed E-state index contributed by atoms with van der Waals surface area (Å²) in [5.41, 5.74) is 1.04. The summed E-state index contributed by atoms with van der Waals surface area (Å²) in [6.07, 6.45) is -1.54. The molecule has 2 fully saturated rings. The molecule has 4 atom stereocenters. The zero-order valence-electron chi connectivity index (χ0n) is 24.6. The van der Waals surface area contributed by atoms with Gasteiger partial charge in [-0.25, -0.2) is 9.59 Å². The van der Waals surface area contributed by atoms with Crippen LogP contribution in [0.3, 0.4) is 0 Å². The van der Waals surface area contributed by atoms with Crippen molar-refractivity contribution in [3.8, 4) is 0 Å². The number of nitro benzene ring substituents is 2. The first-order valence-electron chi connectivity index (χ1n) is 14.3. The van der Waals surface area contributed by atoms with Crippen molar-refractivity contribution < 1.29 is 38.8 Å². The lowest BCUT2D eigenvalue weighted by molar-refractivity contribution is -0.385. The van der Waals surface area contributed by atoms with E-state index in [9.17, 15) is 39.7 Å². The number of rotatable bonds is 11. The molecule has 2 aromatic rings. The summed E-state index contributed by atoms with van der Waals surface area (Å²) in [5.74, 6) is -0.266. The van der Waals surface area contributed by atoms with Gasteiger partial charge in [0.1, 0.15) is 13.2 Å². The van der Waals surface area contributed by atoms with Crippen LogP contribution in [-0.2, 0) is 27.5 Å². The van der Waals surface area contributed by atoms with Crippen molar-refractivity contribution in [3.63, 3.8) is 0 Å². The van der Waals surface area contributed by atoms with E-state index in [1.165, 1.54) is 58.3 Å². The largest absolute Gasteiger partial charge is 0.445 e. The predicted molar refractivity (Wildman–Crippen MR) is 162 cm³/mol. The van der Waals surface area contributed by atoms with Gasteiger partial charge in [0, 0.05) is 62.7 Å². The molecule has 1 N–H and O–H groups in total. The Balaban J connectivity index is 1.21. The maximum absolute atomic E-state index is 13.1. The average molecular weight is 646 g/mol. The van der Waals surface area contributed by atoms with Crippen LogP contribution in [0, 0.1) is 26.1 Å². The molecule has 0 saturated carbocycles. The fraction of sp³-hybridized carbons (Fsp3) is 0.483. The number of amides is 3. The highest BCUT2D eigenvalue weighted by Crippen LogP contribution is 2.28. The molecule has 2 aromatic carbocycles. The number of thiol groups is 1. The molecule has 242 valence electrons. The molecule has 0 bridgehead atoms. The summed E-state index contributed by atoms with van der Waals surface area (Å²) in [4.78, 5) is 63.4. The smallest absolute Gasteiger partial charge is 0.410 e. The van der Waals surface area contributed by atoms with E-state index < -0.39 is 34.2 Å². The zero-order chi connectivity index (χ0) is 32.7. The van der Waals surface area contributed by atoms with Gasteiger partial charge in [0.25, 0.3) is 11.4 Å². The third-order valence-corrected chi connectivity index (χ3v) is 8.26. The van der Waals surface area contributed by atoms with E-state index >= 15 is 0 Å². The molecule has 15 nitrogen and oxygen atoms in total. The lowest BCUT2D eigenvalue weighted by Crippen LogP contribution is -2.45. The lowest BCUT2D eigenvalue weighted by Gasteiger charge is -2.28. The molecular formula is C29H35N5O10S. The second-order valence-electron chi connectivity index (χ2n) is 11.2. The number of nitro groups is 2. The van der Waals surface area contributed by atoms with Crippen LogP contribution in [0.25, 0.3) is 0 Å². The first kappa shape index (κ1) is 33.5. The number of hydrogen-bond acceptors (Lipinski definition) is 11. The molecule has 0 spiro atoms. The summed E-state index contributed by atoms with van der Waals surface area (Å²) < 4.78 is 10.7. The van der Waals surface area contributed by atoms with Gasteiger partial charge in [-0.15, -0.1) is 0 Å². The van der Waals surface area contributed by atoms with E-state index in [0.29, 0.717) is 43.6 Å². The van der Waals surface area contributed by atoms with Gasteiger partial charge in [-0.05, 0) is 54.2 Å². The fourth-order valence-corrected chi connectivity index (χ4v) is 5.83. The predicted octanol–water partition coefficient (Wildman–Crippen LogP) is 3.38. The Bertz CT molecular complexity index is 1390. The van der Waals surface area contributed by atoms with E-state index in [4.69, 9.17) is 9.47 Å². The van der Waals surface area contributed by atoms with Gasteiger partial charge in [0.2, 0.25) is 5.91 Å². The first-order chi connectivity index (χ1) is 21.4. The van der Waals surface area contributed by atoms with Gasteiger partial charge < -0.3 is 29.3 Å². The molecule has 3 amide bonds. The van der Waals surface area contributed by atoms with E-state index in [-0.39, 0.29) is 54.6 Å². The number of carbonyl (C=O) groups is 3. The number of aliphatic hydroxyl groups excluding tert-OH is 1. The minimum Gasteiger partial charge on any atom is -0.445 e. The molecule has 2 aliphatic heterocycles. The van der Waals surface area contributed by atoms with E-state index in [1.807, 2.05) is 0 Å². The molecule has 0 unspecified atom stereocenters. The average Bonchev–Trinajstić information content (AvgIpc) is 3.65. The Kier molecular flexibility index (Phi) is 11.2. The van der Waals surface area contributed by atoms with Gasteiger partial charge in [-0.1, -0.05) is 0 Å². The van der Waals surface area contributed by atoms with Gasteiger partial charge in [-0.3, -0.25) is 25.0 Å². The van der Waals surface area contributed by atoms with Gasteiger partial charge in [0.05, 0.1) is 28.4 Å². The monoisotopic (exact) mass is 645 g/mol. The maximum atomic E-state index is 13.1. The number of ether oxygens (including phenoxy) is 2. The third-order valence-electron chi connectivity index (χ3n) is 7.88. The van der Waals surface area contributed by atoms with Gasteiger partial charge >= 0.3 is 12.2 Å². The summed E-state index contributed by atoms with van der Waals surface area (Å²) >= 11 is 4.47. The summed E-state index contributed by atoms with van der Waals surface area (Å²) in [6, 6.07) is 10.7. The highest BCUT2D eigenvalue weighted by atomic mass is 32.1. The second kappa shape index (κ2) is 15.0. The molecule has 0 aromatic heterocycles. The topological polar surface area (TPSA) is 186 Å². The first-order valence-corrected chi connectivity index (χ1v) is 14.8. The minimum atomic E-state index is -1.14. The van der Waals surface area contributed by atoms with Crippen molar-refractivity contribution in [2.75, 3.05) is 33.2 Å². The molecule has 45 heavy (non-hydrogen) atoms. The minimum absolute atomic E-state index is 0.00205. The van der Waals surface area contributed by atoms with Crippen molar-refractivity contribution in [1.29, 1.82) is 0 Å². The number of non-ortho nitro benzene ring substituents is 2. The van der Waals surface area contributed by atoms with Crippen molar-refractivity contribution in [2.24, 2.45) is 5.92 Å². The second-order valence-corrected chi connectivity index (χ2v) is 11.9. The molecule has 4 rings (SSSR count). The standard InChI is InChI=1S/C29H35N5O10S/c1-30(28(37)43-17-19-2-6-22(7-3-19)33(39)40)14-21-10-11-31(15-21)27(36)13-26(35)25-12-24(45)16-32(25)29(38)44-18-20-4-8-23(9-5-20)34(41)42/h2-9,21,24-26,35,45H,10-18H2,1H3/t21-,24-,25-,26-/m0/s1. The summed E-state index contributed by atoms with van der Waals surface area (Å²) in [5, 5.41) is 32.4. The van der Waals surface area contributed by atoms with Crippen molar-refractivity contribution in [2.45, 2.75) is 49.9 Å². The van der Waals surface area contributed by atoms with Crippen LogP contribution in [0.15, 0.2) is 48.5 Å². The van der Waals surface area contributed by atoms with Crippen LogP contribution in [0.5, 0.6) is 0 Å². The van der Waals surface area contributed by atoms with Crippen LogP contribution >= 0.6 is 12.6 Å². The molecule has 2 heterocycles. The summed E-state index contributed by atoms with van der Waals surface area (Å²) in [7, 11) is 1.59. The quantitative estimate of drug-likeness (QED) is 0.208. The van der Waals surface area contributed by atoms with Crippen molar-refractivity contribution in [3.05, 3.63) is 79.9 Å². The fourth-order valence-electron chi connectivity index (χ4n) is 5.44. The Hall–Kier alpha value is -4.44. The van der Waals surface area contributed by atoms with Gasteiger partial charge in [-0.2, -0.15) is 12.6 Å². The molecule has 2 saturated heterocycles. The number of aliphatic hydroxyl groups is 1. The third kappa shape index (κ3) is 9.04. The van der Waals surface area contributed by atoms with Crippen LogP contribution in [-0.4, -0.2) is 98.4 Å². The Morgan fingerprint density at radius 1 is 0.978 bits per heavy atom. The maximum Gasteiger partial charge on any atom is 0.410 e. The van der Waals surface area contributed by atoms with E-state index in [2.05, 4.69) is 12.6 Å². The van der Waals surface area contributed by atoms with E-state index in [1.54, 1.807) is 11.9 Å². The van der Waals surface area contributed by atoms with E-state index in [0.717, 1.165) is 0 Å². The lowest BCUT2D eigenvalue weighted by atomic mass is 10.0. The zero-order valence-corrected chi connectivity index (χ0v) is 25.5. The number of nitrogens with zero attached hydrogens (tertiary/aromatic N) is 5. The SMILES string of the molecule is CN(C[C@@H]1CCN(C(=O)C[C@H](O)[C@@H]2C[C@H](S)CN2C(=O)OCc2ccc([N+](=O)[O-])cc2)C1)C(=O)OCc1ccc([N+](=O)[O-])cc1. The van der Waals surface area contributed by atoms with Crippen molar-refractivity contribution >= 4 is 42.1 Å². The van der Waals surface area contributed by atoms with Crippen molar-refractivity contribution in [1.82, 2.24) is 14.7 Å². The highest BCUT2D eigenvalue weighted by molar-refractivity contribution is 7.81. The number of carbonyl (C=O) groups excluding carboxylic acids is 3. The Labute approximate surface area is 264 Å². The van der Waals surface area contributed by atoms with Gasteiger partial charge in [0.15, 0.2) is 0 Å². The molecule has 0 radical (unpaired) electrons.